The van der Waals surface area contributed by atoms with Crippen LogP contribution < -0.4 is 5.73 Å². The van der Waals surface area contributed by atoms with Crippen molar-refractivity contribution in [1.29, 1.82) is 0 Å². The molecule has 0 saturated carbocycles. The maximum Gasteiger partial charge on any atom is 0.180 e. The van der Waals surface area contributed by atoms with Gasteiger partial charge in [0, 0.05) is 18.2 Å². The van der Waals surface area contributed by atoms with Gasteiger partial charge in [0.15, 0.2) is 5.13 Å². The van der Waals surface area contributed by atoms with Gasteiger partial charge < -0.3 is 5.73 Å². The molecule has 0 spiro atoms. The topological polar surface area (TPSA) is 56.0 Å². The molecular weight excluding hydrogens is 256 g/mol. The third-order valence-electron chi connectivity index (χ3n) is 3.00. The van der Waals surface area contributed by atoms with E-state index in [1.54, 1.807) is 0 Å². The van der Waals surface area contributed by atoms with Crippen molar-refractivity contribution in [2.24, 2.45) is 0 Å². The number of anilines is 1. The van der Waals surface area contributed by atoms with E-state index in [9.17, 15) is 4.79 Å². The summed E-state index contributed by atoms with van der Waals surface area (Å²) in [4.78, 5) is 16.0. The zero-order chi connectivity index (χ0) is 13.8. The van der Waals surface area contributed by atoms with Crippen LogP contribution in [0.5, 0.6) is 0 Å². The minimum absolute atomic E-state index is 0.169. The van der Waals surface area contributed by atoms with Crippen LogP contribution in [0.1, 0.15) is 36.6 Å². The van der Waals surface area contributed by atoms with Gasteiger partial charge in [-0.15, -0.1) is 11.3 Å². The first-order valence-electron chi connectivity index (χ1n) is 6.35. The Balaban J connectivity index is 1.95. The fraction of sp³-hybridized carbons (Fsp3) is 0.333. The third-order valence-corrected chi connectivity index (χ3v) is 3.72. The van der Waals surface area contributed by atoms with Crippen molar-refractivity contribution in [3.05, 3.63) is 46.5 Å². The normalized spacial score (nSPS) is 10.9. The van der Waals surface area contributed by atoms with Crippen molar-refractivity contribution in [1.82, 2.24) is 4.98 Å². The van der Waals surface area contributed by atoms with Crippen LogP contribution in [-0.4, -0.2) is 10.8 Å². The van der Waals surface area contributed by atoms with Crippen LogP contribution in [-0.2, 0) is 17.6 Å². The molecule has 1 heterocycles. The molecule has 4 heteroatoms. The van der Waals surface area contributed by atoms with Gasteiger partial charge in [0.05, 0.1) is 5.69 Å². The lowest BCUT2D eigenvalue weighted by Gasteiger charge is -2.06. The second-order valence-electron chi connectivity index (χ2n) is 4.97. The Morgan fingerprint density at radius 2 is 1.95 bits per heavy atom. The lowest BCUT2D eigenvalue weighted by molar-refractivity contribution is -0.117. The minimum atomic E-state index is 0.169. The van der Waals surface area contributed by atoms with Crippen molar-refractivity contribution in [2.45, 2.75) is 32.6 Å². The predicted octanol–water partition coefficient (Wildman–Crippen LogP) is 3.20. The molecule has 2 aromatic rings. The quantitative estimate of drug-likeness (QED) is 0.911. The fourth-order valence-corrected chi connectivity index (χ4v) is 2.48. The second kappa shape index (κ2) is 5.97. The Hall–Kier alpha value is -1.68. The van der Waals surface area contributed by atoms with Crippen molar-refractivity contribution in [3.63, 3.8) is 0 Å². The molecule has 0 aliphatic carbocycles. The van der Waals surface area contributed by atoms with E-state index in [0.29, 0.717) is 23.9 Å². The number of Topliss-reactive ketones (excluding diaryl/α,β-unsaturated/α-hetero) is 1. The van der Waals surface area contributed by atoms with Crippen LogP contribution in [0.4, 0.5) is 5.13 Å². The average molecular weight is 274 g/mol. The molecule has 0 aliphatic rings. The van der Waals surface area contributed by atoms with Gasteiger partial charge in [-0.05, 0) is 17.0 Å². The maximum absolute atomic E-state index is 11.9. The van der Waals surface area contributed by atoms with Crippen molar-refractivity contribution >= 4 is 22.3 Å². The molecule has 1 aromatic carbocycles. The highest BCUT2D eigenvalue weighted by molar-refractivity contribution is 7.13. The zero-order valence-corrected chi connectivity index (χ0v) is 12.0. The number of hydrogen-bond acceptors (Lipinski definition) is 4. The van der Waals surface area contributed by atoms with E-state index in [1.807, 2.05) is 17.5 Å². The van der Waals surface area contributed by atoms with E-state index in [0.717, 1.165) is 11.3 Å². The number of nitrogens with zero attached hydrogens (tertiary/aromatic N) is 1. The average Bonchev–Trinajstić information content (AvgIpc) is 2.75. The van der Waals surface area contributed by atoms with Gasteiger partial charge in [-0.3, -0.25) is 4.79 Å². The van der Waals surface area contributed by atoms with E-state index in [-0.39, 0.29) is 5.78 Å². The Bertz CT molecular complexity index is 558. The monoisotopic (exact) mass is 274 g/mol. The summed E-state index contributed by atoms with van der Waals surface area (Å²) < 4.78 is 0. The first-order chi connectivity index (χ1) is 9.04. The standard InChI is InChI=1S/C15H18N2OS/c1-10(2)12-5-3-11(4-6-12)7-14(18)8-13-9-19-15(16)17-13/h3-6,9-10H,7-8H2,1-2H3,(H2,16,17). The van der Waals surface area contributed by atoms with Crippen LogP contribution in [0.3, 0.4) is 0 Å². The van der Waals surface area contributed by atoms with Crippen molar-refractivity contribution in [3.8, 4) is 0 Å². The highest BCUT2D eigenvalue weighted by atomic mass is 32.1. The molecule has 3 nitrogen and oxygen atoms in total. The maximum atomic E-state index is 11.9. The Morgan fingerprint density at radius 3 is 2.47 bits per heavy atom. The molecule has 0 fully saturated rings. The van der Waals surface area contributed by atoms with Crippen molar-refractivity contribution < 1.29 is 4.79 Å². The van der Waals surface area contributed by atoms with E-state index >= 15 is 0 Å². The summed E-state index contributed by atoms with van der Waals surface area (Å²) in [6, 6.07) is 8.24. The number of carbonyl (C=O) groups excluding carboxylic acids is 1. The molecule has 0 radical (unpaired) electrons. The predicted molar refractivity (Wildman–Crippen MR) is 79.5 cm³/mol. The number of ketones is 1. The van der Waals surface area contributed by atoms with Gasteiger partial charge in [-0.1, -0.05) is 38.1 Å². The Kier molecular flexibility index (Phi) is 4.32. The van der Waals surface area contributed by atoms with Crippen LogP contribution in [0.15, 0.2) is 29.6 Å². The summed E-state index contributed by atoms with van der Waals surface area (Å²) in [5, 5.41) is 2.36. The van der Waals surface area contributed by atoms with Crippen LogP contribution in [0.25, 0.3) is 0 Å². The SMILES string of the molecule is CC(C)c1ccc(CC(=O)Cc2csc(N)n2)cc1. The van der Waals surface area contributed by atoms with Gasteiger partial charge in [-0.2, -0.15) is 0 Å². The number of hydrogen-bond donors (Lipinski definition) is 1. The smallest absolute Gasteiger partial charge is 0.180 e. The summed E-state index contributed by atoms with van der Waals surface area (Å²) in [6.45, 7) is 4.32. The van der Waals surface area contributed by atoms with Crippen LogP contribution in [0.2, 0.25) is 0 Å². The summed E-state index contributed by atoms with van der Waals surface area (Å²) in [5.41, 5.74) is 8.67. The number of nitrogen functional groups attached to an aromatic ring is 1. The van der Waals surface area contributed by atoms with Gasteiger partial charge in [0.2, 0.25) is 0 Å². The zero-order valence-electron chi connectivity index (χ0n) is 11.2. The molecular formula is C15H18N2OS. The van der Waals surface area contributed by atoms with Gasteiger partial charge in [-0.25, -0.2) is 4.98 Å². The third kappa shape index (κ3) is 3.89. The Labute approximate surface area is 117 Å². The first kappa shape index (κ1) is 13.7. The van der Waals surface area contributed by atoms with E-state index < -0.39 is 0 Å². The molecule has 0 unspecified atom stereocenters. The van der Waals surface area contributed by atoms with Crippen LogP contribution in [0, 0.1) is 0 Å². The molecule has 0 bridgehead atoms. The molecule has 0 aliphatic heterocycles. The molecule has 0 saturated heterocycles. The van der Waals surface area contributed by atoms with Crippen LogP contribution >= 0.6 is 11.3 Å². The summed E-state index contributed by atoms with van der Waals surface area (Å²) in [7, 11) is 0. The lowest BCUT2D eigenvalue weighted by atomic mass is 9.99. The van der Waals surface area contributed by atoms with E-state index in [4.69, 9.17) is 5.73 Å². The number of thiazole rings is 1. The molecule has 19 heavy (non-hydrogen) atoms. The lowest BCUT2D eigenvalue weighted by Crippen LogP contribution is -2.07. The number of nitrogens with two attached hydrogens (primary N) is 1. The number of benzene rings is 1. The fourth-order valence-electron chi connectivity index (χ4n) is 1.92. The number of aromatic nitrogens is 1. The number of carbonyl (C=O) groups is 1. The molecule has 1 aromatic heterocycles. The molecule has 100 valence electrons. The molecule has 2 rings (SSSR count). The highest BCUT2D eigenvalue weighted by Crippen LogP contribution is 2.16. The summed E-state index contributed by atoms with van der Waals surface area (Å²) in [6.07, 6.45) is 0.815. The van der Waals surface area contributed by atoms with Gasteiger partial charge in [0.1, 0.15) is 5.78 Å². The Morgan fingerprint density at radius 1 is 1.26 bits per heavy atom. The van der Waals surface area contributed by atoms with E-state index in [2.05, 4.69) is 31.0 Å². The first-order valence-corrected chi connectivity index (χ1v) is 7.23. The highest BCUT2D eigenvalue weighted by Gasteiger charge is 2.08. The second-order valence-corrected chi connectivity index (χ2v) is 5.86. The summed E-state index contributed by atoms with van der Waals surface area (Å²) in [5.74, 6) is 0.685. The summed E-state index contributed by atoms with van der Waals surface area (Å²) >= 11 is 1.37. The molecule has 0 amide bonds. The van der Waals surface area contributed by atoms with Gasteiger partial charge >= 0.3 is 0 Å². The minimum Gasteiger partial charge on any atom is -0.375 e. The van der Waals surface area contributed by atoms with Gasteiger partial charge in [0.25, 0.3) is 0 Å². The van der Waals surface area contributed by atoms with Crippen molar-refractivity contribution in [2.75, 3.05) is 5.73 Å². The number of rotatable bonds is 5. The molecule has 2 N–H and O–H groups in total. The molecule has 0 atom stereocenters. The van der Waals surface area contributed by atoms with E-state index in [1.165, 1.54) is 16.9 Å². The largest absolute Gasteiger partial charge is 0.375 e.